The number of hydrogen-bond donors (Lipinski definition) is 2. The summed E-state index contributed by atoms with van der Waals surface area (Å²) in [4.78, 5) is 22.1. The molecule has 2 N–H and O–H groups in total. The Bertz CT molecular complexity index is 604. The Labute approximate surface area is 122 Å². The number of carbonyl (C=O) groups excluding carboxylic acids is 2. The maximum Gasteiger partial charge on any atom is 0.229 e. The fraction of sp³-hybridized carbons (Fsp3) is 0.286. The van der Waals surface area contributed by atoms with Crippen molar-refractivity contribution in [3.05, 3.63) is 29.8 Å². The number of para-hydroxylation sites is 1. The third-order valence-corrected chi connectivity index (χ3v) is 2.65. The molecule has 1 aliphatic rings. The van der Waals surface area contributed by atoms with E-state index in [0.717, 1.165) is 17.0 Å². The smallest absolute Gasteiger partial charge is 0.229 e. The van der Waals surface area contributed by atoms with Gasteiger partial charge in [0.15, 0.2) is 0 Å². The Morgan fingerprint density at radius 1 is 1.14 bits per heavy atom. The third-order valence-electron chi connectivity index (χ3n) is 2.65. The second-order valence-corrected chi connectivity index (χ2v) is 4.45. The van der Waals surface area contributed by atoms with Gasteiger partial charge in [0, 0.05) is 25.8 Å². The van der Waals surface area contributed by atoms with Crippen LogP contribution in [0.15, 0.2) is 34.5 Å². The molecule has 21 heavy (non-hydrogen) atoms. The first-order valence-corrected chi connectivity index (χ1v) is 6.48. The molecule has 0 spiro atoms. The molecule has 0 aromatic heterocycles. The zero-order valence-corrected chi connectivity index (χ0v) is 11.8. The molecule has 1 aromatic rings. The number of nitrogens with zero attached hydrogens (tertiary/aromatic N) is 2. The molecule has 1 heterocycles. The van der Waals surface area contributed by atoms with Crippen molar-refractivity contribution in [1.82, 2.24) is 10.6 Å². The Kier molecular flexibility index (Phi) is 4.65. The fourth-order valence-electron chi connectivity index (χ4n) is 1.85. The van der Waals surface area contributed by atoms with Crippen LogP contribution in [0.5, 0.6) is 5.75 Å². The molecule has 0 bridgehead atoms. The number of benzene rings is 1. The average molecular weight is 288 g/mol. The Balaban J connectivity index is 2.27. The summed E-state index contributed by atoms with van der Waals surface area (Å²) in [6.45, 7) is 3.17. The van der Waals surface area contributed by atoms with Gasteiger partial charge in [-0.1, -0.05) is 12.1 Å². The molecule has 0 fully saturated rings. The van der Waals surface area contributed by atoms with Crippen LogP contribution >= 0.6 is 0 Å². The highest BCUT2D eigenvalue weighted by Crippen LogP contribution is 2.24. The number of guanidine groups is 1. The molecule has 0 saturated carbocycles. The van der Waals surface area contributed by atoms with E-state index in [4.69, 9.17) is 4.74 Å². The van der Waals surface area contributed by atoms with Crippen LogP contribution in [-0.2, 0) is 9.59 Å². The highest BCUT2D eigenvalue weighted by Gasteiger charge is 2.16. The first kappa shape index (κ1) is 14.7. The zero-order chi connectivity index (χ0) is 15.2. The van der Waals surface area contributed by atoms with E-state index in [-0.39, 0.29) is 17.8 Å². The van der Waals surface area contributed by atoms with E-state index in [1.54, 1.807) is 0 Å². The normalized spacial score (nSPS) is 14.7. The molecule has 1 aliphatic heterocycles. The van der Waals surface area contributed by atoms with Gasteiger partial charge in [-0.15, -0.1) is 5.10 Å². The summed E-state index contributed by atoms with van der Waals surface area (Å²) < 4.78 is 5.52. The van der Waals surface area contributed by atoms with Gasteiger partial charge >= 0.3 is 0 Å². The second kappa shape index (κ2) is 6.65. The predicted molar refractivity (Wildman–Crippen MR) is 78.2 cm³/mol. The van der Waals surface area contributed by atoms with Gasteiger partial charge in [0.1, 0.15) is 5.75 Å². The maximum atomic E-state index is 11.1. The van der Waals surface area contributed by atoms with Crippen LogP contribution in [0, 0.1) is 0 Å². The van der Waals surface area contributed by atoms with Crippen molar-refractivity contribution in [3.63, 3.8) is 0 Å². The highest BCUT2D eigenvalue weighted by atomic mass is 16.5. The molecule has 7 nitrogen and oxygen atoms in total. The van der Waals surface area contributed by atoms with E-state index >= 15 is 0 Å². The number of ether oxygens (including phenoxy) is 1. The standard InChI is InChI=1S/C14H16N4O3/c1-9(19)15-14(16-10(2)20)18-17-12-7-8-21-13-6-4-3-5-11(12)13/h3-6H,7-8H2,1-2H3,(H2,15,16,18,19,20)/b17-12-. The molecule has 0 radical (unpaired) electrons. The van der Waals surface area contributed by atoms with Crippen molar-refractivity contribution >= 4 is 23.5 Å². The van der Waals surface area contributed by atoms with E-state index in [1.165, 1.54) is 13.8 Å². The van der Waals surface area contributed by atoms with Gasteiger partial charge in [-0.3, -0.25) is 20.2 Å². The lowest BCUT2D eigenvalue weighted by atomic mass is 10.0. The Hall–Kier alpha value is -2.70. The van der Waals surface area contributed by atoms with Gasteiger partial charge in [0.25, 0.3) is 0 Å². The van der Waals surface area contributed by atoms with Gasteiger partial charge in [0.2, 0.25) is 17.8 Å². The minimum atomic E-state index is -0.338. The van der Waals surface area contributed by atoms with E-state index in [9.17, 15) is 9.59 Å². The van der Waals surface area contributed by atoms with Gasteiger partial charge in [-0.05, 0) is 12.1 Å². The largest absolute Gasteiger partial charge is 0.492 e. The lowest BCUT2D eigenvalue weighted by Gasteiger charge is -2.17. The summed E-state index contributed by atoms with van der Waals surface area (Å²) in [5.74, 6) is 0.0786. The SMILES string of the molecule is CC(=O)NC(=N/N=C1/CCOc2ccccc21)NC(C)=O. The van der Waals surface area contributed by atoms with Crippen LogP contribution in [0.1, 0.15) is 25.8 Å². The molecular weight excluding hydrogens is 272 g/mol. The summed E-state index contributed by atoms with van der Waals surface area (Å²) in [7, 11) is 0. The summed E-state index contributed by atoms with van der Waals surface area (Å²) >= 11 is 0. The monoisotopic (exact) mass is 288 g/mol. The van der Waals surface area contributed by atoms with Crippen LogP contribution in [0.2, 0.25) is 0 Å². The van der Waals surface area contributed by atoms with E-state index in [1.807, 2.05) is 24.3 Å². The second-order valence-electron chi connectivity index (χ2n) is 4.45. The summed E-state index contributed by atoms with van der Waals surface area (Å²) in [6.07, 6.45) is 0.605. The fourth-order valence-corrected chi connectivity index (χ4v) is 1.85. The molecule has 7 heteroatoms. The summed E-state index contributed by atoms with van der Waals surface area (Å²) in [5.41, 5.74) is 1.60. The molecule has 0 saturated heterocycles. The van der Waals surface area contributed by atoms with Crippen molar-refractivity contribution in [2.45, 2.75) is 20.3 Å². The van der Waals surface area contributed by atoms with Gasteiger partial charge in [-0.25, -0.2) is 0 Å². The molecule has 2 rings (SSSR count). The van der Waals surface area contributed by atoms with Crippen LogP contribution in [0.4, 0.5) is 0 Å². The molecule has 0 unspecified atom stereocenters. The first-order chi connectivity index (χ1) is 10.1. The summed E-state index contributed by atoms with van der Waals surface area (Å²) in [6, 6.07) is 7.51. The zero-order valence-electron chi connectivity index (χ0n) is 11.8. The minimum Gasteiger partial charge on any atom is -0.492 e. The number of carbonyl (C=O) groups is 2. The van der Waals surface area contributed by atoms with E-state index in [0.29, 0.717) is 13.0 Å². The van der Waals surface area contributed by atoms with E-state index in [2.05, 4.69) is 20.8 Å². The molecule has 0 aliphatic carbocycles. The van der Waals surface area contributed by atoms with Gasteiger partial charge in [0.05, 0.1) is 12.3 Å². The maximum absolute atomic E-state index is 11.1. The molecule has 0 atom stereocenters. The lowest BCUT2D eigenvalue weighted by molar-refractivity contribution is -0.117. The van der Waals surface area contributed by atoms with E-state index < -0.39 is 0 Å². The van der Waals surface area contributed by atoms with Crippen LogP contribution in [-0.4, -0.2) is 30.1 Å². The first-order valence-electron chi connectivity index (χ1n) is 6.48. The minimum absolute atomic E-state index is 0.00599. The predicted octanol–water partition coefficient (Wildman–Crippen LogP) is 0.801. The number of fused-ring (bicyclic) bond motifs is 1. The topological polar surface area (TPSA) is 92.2 Å². The van der Waals surface area contributed by atoms with Gasteiger partial charge in [-0.2, -0.15) is 5.10 Å². The number of hydrogen-bond acceptors (Lipinski definition) is 5. The van der Waals surface area contributed by atoms with Crippen molar-refractivity contribution in [3.8, 4) is 5.75 Å². The van der Waals surface area contributed by atoms with Crippen LogP contribution in [0.25, 0.3) is 0 Å². The Morgan fingerprint density at radius 3 is 2.48 bits per heavy atom. The molecular formula is C14H16N4O3. The lowest BCUT2D eigenvalue weighted by Crippen LogP contribution is -2.41. The molecule has 110 valence electrons. The van der Waals surface area contributed by atoms with Crippen molar-refractivity contribution < 1.29 is 14.3 Å². The van der Waals surface area contributed by atoms with Crippen LogP contribution < -0.4 is 15.4 Å². The van der Waals surface area contributed by atoms with Crippen LogP contribution in [0.3, 0.4) is 0 Å². The quantitative estimate of drug-likeness (QED) is 0.455. The number of rotatable bonds is 1. The number of nitrogens with one attached hydrogen (secondary N) is 2. The molecule has 2 amide bonds. The summed E-state index contributed by atoms with van der Waals surface area (Å²) in [5, 5.41) is 12.9. The number of amides is 2. The van der Waals surface area contributed by atoms with Crippen molar-refractivity contribution in [2.24, 2.45) is 10.2 Å². The van der Waals surface area contributed by atoms with Crippen molar-refractivity contribution in [1.29, 1.82) is 0 Å². The Morgan fingerprint density at radius 2 is 1.81 bits per heavy atom. The van der Waals surface area contributed by atoms with Crippen molar-refractivity contribution in [2.75, 3.05) is 6.61 Å². The highest BCUT2D eigenvalue weighted by molar-refractivity contribution is 6.06. The van der Waals surface area contributed by atoms with Gasteiger partial charge < -0.3 is 4.74 Å². The average Bonchev–Trinajstić information content (AvgIpc) is 2.43. The molecule has 1 aromatic carbocycles. The third kappa shape index (κ3) is 4.13.